The number of anilines is 1. The number of nitrogens with zero attached hydrogens (tertiary/aromatic N) is 1. The molecule has 1 atom stereocenters. The zero-order valence-electron chi connectivity index (χ0n) is 14.5. The van der Waals surface area contributed by atoms with Crippen LogP contribution in [0.15, 0.2) is 18.2 Å². The summed E-state index contributed by atoms with van der Waals surface area (Å²) in [6.07, 6.45) is 1.22. The molecule has 0 aliphatic rings. The van der Waals surface area contributed by atoms with Gasteiger partial charge in [-0.3, -0.25) is 19.2 Å². The van der Waals surface area contributed by atoms with Crippen LogP contribution in [-0.4, -0.2) is 67.0 Å². The van der Waals surface area contributed by atoms with E-state index in [9.17, 15) is 24.0 Å². The van der Waals surface area contributed by atoms with Crippen LogP contribution in [0.2, 0.25) is 0 Å². The van der Waals surface area contributed by atoms with Crippen LogP contribution in [-0.2, 0) is 14.4 Å². The van der Waals surface area contributed by atoms with Gasteiger partial charge in [-0.2, -0.15) is 0 Å². The number of aliphatic carboxylic acids is 1. The van der Waals surface area contributed by atoms with E-state index in [0.29, 0.717) is 12.6 Å². The van der Waals surface area contributed by atoms with Crippen molar-refractivity contribution in [1.82, 2.24) is 10.2 Å². The lowest BCUT2D eigenvalue weighted by Crippen LogP contribution is -2.39. The molecule has 9 heteroatoms. The summed E-state index contributed by atoms with van der Waals surface area (Å²) in [4.78, 5) is 58.6. The van der Waals surface area contributed by atoms with Gasteiger partial charge in [0.2, 0.25) is 5.91 Å². The van der Waals surface area contributed by atoms with Crippen LogP contribution >= 0.6 is 0 Å². The van der Waals surface area contributed by atoms with Crippen molar-refractivity contribution in [2.45, 2.75) is 18.9 Å². The summed E-state index contributed by atoms with van der Waals surface area (Å²) in [6.45, 7) is -0.419. The average molecular weight is 363 g/mol. The van der Waals surface area contributed by atoms with E-state index >= 15 is 0 Å². The number of carboxylic acid groups (broad SMARTS) is 1. The molecule has 3 N–H and O–H groups in total. The van der Waals surface area contributed by atoms with Crippen LogP contribution in [0.25, 0.3) is 0 Å². The summed E-state index contributed by atoms with van der Waals surface area (Å²) in [6, 6.07) is 3.55. The van der Waals surface area contributed by atoms with Crippen molar-refractivity contribution in [2.24, 2.45) is 0 Å². The molecule has 9 nitrogen and oxygen atoms in total. The van der Waals surface area contributed by atoms with Gasteiger partial charge in [-0.05, 0) is 18.6 Å². The second kappa shape index (κ2) is 9.92. The molecule has 0 aromatic heterocycles. The van der Waals surface area contributed by atoms with Crippen LogP contribution in [0, 0.1) is 0 Å². The molecule has 1 unspecified atom stereocenters. The molecule has 2 amide bonds. The van der Waals surface area contributed by atoms with Gasteiger partial charge in [-0.1, -0.05) is 6.07 Å². The summed E-state index contributed by atoms with van der Waals surface area (Å²) in [5.74, 6) is -1.96. The summed E-state index contributed by atoms with van der Waals surface area (Å²) >= 11 is 0. The third-order valence-corrected chi connectivity index (χ3v) is 3.81. The molecule has 0 saturated heterocycles. The Morgan fingerprint density at radius 3 is 2.50 bits per heavy atom. The molecule has 0 aliphatic heterocycles. The Morgan fingerprint density at radius 1 is 1.27 bits per heavy atom. The number of carbonyl (C=O) groups excluding carboxylic acids is 4. The Hall–Kier alpha value is -3.23. The molecule has 140 valence electrons. The van der Waals surface area contributed by atoms with Crippen LogP contribution in [0.3, 0.4) is 0 Å². The largest absolute Gasteiger partial charge is 0.480 e. The van der Waals surface area contributed by atoms with E-state index in [4.69, 9.17) is 5.11 Å². The highest BCUT2D eigenvalue weighted by Crippen LogP contribution is 2.20. The Bertz CT molecular complexity index is 704. The number of aldehydes is 2. The summed E-state index contributed by atoms with van der Waals surface area (Å²) in [5, 5.41) is 13.7. The minimum Gasteiger partial charge on any atom is -0.480 e. The van der Waals surface area contributed by atoms with Gasteiger partial charge in [0.25, 0.3) is 5.91 Å². The lowest BCUT2D eigenvalue weighted by molar-refractivity contribution is -0.135. The predicted octanol–water partition coefficient (Wildman–Crippen LogP) is 0.161. The third kappa shape index (κ3) is 5.40. The second-order valence-electron chi connectivity index (χ2n) is 5.46. The van der Waals surface area contributed by atoms with E-state index in [1.807, 2.05) is 0 Å². The molecule has 1 rings (SSSR count). The highest BCUT2D eigenvalue weighted by molar-refractivity contribution is 6.05. The number of carbonyl (C=O) groups is 5. The normalized spacial score (nSPS) is 11.2. The van der Waals surface area contributed by atoms with Gasteiger partial charge < -0.3 is 25.4 Å². The summed E-state index contributed by atoms with van der Waals surface area (Å²) < 4.78 is 0. The van der Waals surface area contributed by atoms with Crippen molar-refractivity contribution in [3.05, 3.63) is 29.3 Å². The van der Waals surface area contributed by atoms with E-state index in [1.165, 1.54) is 32.3 Å². The Morgan fingerprint density at radius 2 is 1.96 bits per heavy atom. The fourth-order valence-corrected chi connectivity index (χ4v) is 2.30. The zero-order chi connectivity index (χ0) is 19.7. The average Bonchev–Trinajstić information content (AvgIpc) is 2.65. The number of rotatable bonds is 10. The minimum absolute atomic E-state index is 0.00144. The summed E-state index contributed by atoms with van der Waals surface area (Å²) in [7, 11) is 2.87. The number of amides is 2. The van der Waals surface area contributed by atoms with Crippen LogP contribution in [0.5, 0.6) is 0 Å². The van der Waals surface area contributed by atoms with Crippen molar-refractivity contribution in [1.29, 1.82) is 0 Å². The fraction of sp³-hybridized carbons (Fsp3) is 0.353. The Kier molecular flexibility index (Phi) is 7.94. The lowest BCUT2D eigenvalue weighted by Gasteiger charge is -2.24. The van der Waals surface area contributed by atoms with Gasteiger partial charge in [0.15, 0.2) is 6.29 Å². The number of carboxylic acids is 1. The van der Waals surface area contributed by atoms with Gasteiger partial charge in [0, 0.05) is 26.2 Å². The van der Waals surface area contributed by atoms with E-state index < -0.39 is 24.5 Å². The number of benzene rings is 1. The monoisotopic (exact) mass is 363 g/mol. The van der Waals surface area contributed by atoms with Gasteiger partial charge in [-0.25, -0.2) is 0 Å². The first kappa shape index (κ1) is 20.8. The topological polar surface area (TPSA) is 133 Å². The maximum atomic E-state index is 12.7. The van der Waals surface area contributed by atoms with Crippen molar-refractivity contribution >= 4 is 36.0 Å². The van der Waals surface area contributed by atoms with E-state index in [-0.39, 0.29) is 35.6 Å². The molecule has 0 radical (unpaired) electrons. The maximum Gasteiger partial charge on any atom is 0.322 e. The molecule has 0 fully saturated rings. The third-order valence-electron chi connectivity index (χ3n) is 3.81. The van der Waals surface area contributed by atoms with Gasteiger partial charge in [0.1, 0.15) is 12.8 Å². The molecule has 1 aromatic carbocycles. The first-order chi connectivity index (χ1) is 12.3. The highest BCUT2D eigenvalue weighted by atomic mass is 16.4. The lowest BCUT2D eigenvalue weighted by atomic mass is 10.0. The van der Waals surface area contributed by atoms with Crippen molar-refractivity contribution < 1.29 is 29.1 Å². The molecule has 0 heterocycles. The van der Waals surface area contributed by atoms with Crippen molar-refractivity contribution in [3.63, 3.8) is 0 Å². The first-order valence-corrected chi connectivity index (χ1v) is 7.82. The van der Waals surface area contributed by atoms with E-state index in [1.54, 1.807) is 0 Å². The van der Waals surface area contributed by atoms with Crippen LogP contribution < -0.4 is 10.6 Å². The standard InChI is InChI=1S/C17H21N3O6/c1-18-15(23)7-6-11(9-21)20(2)17(26)12-4-3-5-14(13(12)10-22)19-8-16(24)25/h3-5,9-11,19H,6-8H2,1-2H3,(H,18,23)(H,24,25). The molecule has 0 aliphatic carbocycles. The van der Waals surface area contributed by atoms with Crippen molar-refractivity contribution in [3.8, 4) is 0 Å². The van der Waals surface area contributed by atoms with Gasteiger partial charge in [0.05, 0.1) is 17.2 Å². The molecular weight excluding hydrogens is 342 g/mol. The number of hydrogen-bond donors (Lipinski definition) is 3. The second-order valence-corrected chi connectivity index (χ2v) is 5.46. The number of hydrogen-bond acceptors (Lipinski definition) is 6. The van der Waals surface area contributed by atoms with E-state index in [2.05, 4.69) is 10.6 Å². The van der Waals surface area contributed by atoms with E-state index in [0.717, 1.165) is 4.90 Å². The Balaban J connectivity index is 3.04. The fourth-order valence-electron chi connectivity index (χ4n) is 2.30. The quantitative estimate of drug-likeness (QED) is 0.504. The molecular formula is C17H21N3O6. The highest BCUT2D eigenvalue weighted by Gasteiger charge is 2.24. The first-order valence-electron chi connectivity index (χ1n) is 7.82. The minimum atomic E-state index is -1.12. The SMILES string of the molecule is CNC(=O)CCC(C=O)N(C)C(=O)c1cccc(NCC(=O)O)c1C=O. The number of likely N-dealkylation sites (N-methyl/N-ethyl adjacent to an activating group) is 1. The summed E-state index contributed by atoms with van der Waals surface area (Å²) in [5.41, 5.74) is 0.237. The van der Waals surface area contributed by atoms with Gasteiger partial charge in [-0.15, -0.1) is 0 Å². The Labute approximate surface area is 150 Å². The molecule has 0 spiro atoms. The molecule has 1 aromatic rings. The molecule has 0 bridgehead atoms. The smallest absolute Gasteiger partial charge is 0.322 e. The zero-order valence-corrected chi connectivity index (χ0v) is 14.5. The molecule has 26 heavy (non-hydrogen) atoms. The number of nitrogens with one attached hydrogen (secondary N) is 2. The van der Waals surface area contributed by atoms with Crippen LogP contribution in [0.4, 0.5) is 5.69 Å². The van der Waals surface area contributed by atoms with Gasteiger partial charge >= 0.3 is 5.97 Å². The van der Waals surface area contributed by atoms with Crippen molar-refractivity contribution in [2.75, 3.05) is 26.0 Å². The molecule has 0 saturated carbocycles. The predicted molar refractivity (Wildman–Crippen MR) is 93.2 cm³/mol. The van der Waals surface area contributed by atoms with Crippen LogP contribution in [0.1, 0.15) is 33.6 Å². The maximum absolute atomic E-state index is 12.7.